The summed E-state index contributed by atoms with van der Waals surface area (Å²) in [5.74, 6) is 0.699. The molecule has 0 radical (unpaired) electrons. The summed E-state index contributed by atoms with van der Waals surface area (Å²) >= 11 is 0. The Morgan fingerprint density at radius 3 is 2.53 bits per heavy atom. The third-order valence-electron chi connectivity index (χ3n) is 1.90. The van der Waals surface area contributed by atoms with Crippen LogP contribution in [0.25, 0.3) is 0 Å². The molecule has 4 nitrogen and oxygen atoms in total. The summed E-state index contributed by atoms with van der Waals surface area (Å²) in [6.45, 7) is 2.10. The second-order valence-electron chi connectivity index (χ2n) is 2.79. The van der Waals surface area contributed by atoms with Crippen molar-refractivity contribution in [3.63, 3.8) is 0 Å². The van der Waals surface area contributed by atoms with E-state index in [-0.39, 0.29) is 0 Å². The Bertz CT molecular complexity index is 346. The van der Waals surface area contributed by atoms with E-state index in [2.05, 4.69) is 0 Å². The van der Waals surface area contributed by atoms with Gasteiger partial charge >= 0.3 is 5.97 Å². The van der Waals surface area contributed by atoms with Crippen LogP contribution >= 0.6 is 0 Å². The molecule has 1 aromatic carbocycles. The fourth-order valence-corrected chi connectivity index (χ4v) is 1.18. The standard InChI is InChI=1S/C11H14O4/c1-4-15-11(12)9-6-5-8(13-2)7-10(9)14-3/h5-7H,4H2,1-3H3. The molecule has 0 fully saturated rings. The molecule has 0 saturated carbocycles. The SMILES string of the molecule is CCOC(=O)c1ccc(OC)cc1OC. The fourth-order valence-electron chi connectivity index (χ4n) is 1.18. The summed E-state index contributed by atoms with van der Waals surface area (Å²) in [7, 11) is 3.05. The van der Waals surface area contributed by atoms with Crippen LogP contribution in [0, 0.1) is 0 Å². The third-order valence-corrected chi connectivity index (χ3v) is 1.90. The van der Waals surface area contributed by atoms with Gasteiger partial charge in [0.1, 0.15) is 17.1 Å². The van der Waals surface area contributed by atoms with Gasteiger partial charge in [0.25, 0.3) is 0 Å². The monoisotopic (exact) mass is 210 g/mol. The lowest BCUT2D eigenvalue weighted by Gasteiger charge is -2.09. The average Bonchev–Trinajstić information content (AvgIpc) is 2.28. The maximum Gasteiger partial charge on any atom is 0.341 e. The highest BCUT2D eigenvalue weighted by Crippen LogP contribution is 2.24. The number of carbonyl (C=O) groups is 1. The molecular formula is C11H14O4. The van der Waals surface area contributed by atoms with E-state index in [1.165, 1.54) is 7.11 Å². The Labute approximate surface area is 88.8 Å². The maximum atomic E-state index is 11.5. The number of carbonyl (C=O) groups excluding carboxylic acids is 1. The van der Waals surface area contributed by atoms with E-state index in [0.717, 1.165) is 0 Å². The predicted octanol–water partition coefficient (Wildman–Crippen LogP) is 1.88. The van der Waals surface area contributed by atoms with Gasteiger partial charge in [-0.05, 0) is 19.1 Å². The number of methoxy groups -OCH3 is 2. The van der Waals surface area contributed by atoms with Gasteiger partial charge < -0.3 is 14.2 Å². The molecule has 1 aromatic rings. The molecule has 0 amide bonds. The highest BCUT2D eigenvalue weighted by molar-refractivity contribution is 5.92. The summed E-state index contributed by atoms with van der Waals surface area (Å²) in [4.78, 5) is 11.5. The zero-order chi connectivity index (χ0) is 11.3. The van der Waals surface area contributed by atoms with E-state index in [9.17, 15) is 4.79 Å². The molecule has 0 bridgehead atoms. The van der Waals surface area contributed by atoms with Crippen molar-refractivity contribution in [1.29, 1.82) is 0 Å². The first kappa shape index (κ1) is 11.4. The van der Waals surface area contributed by atoms with E-state index in [1.54, 1.807) is 32.2 Å². The minimum absolute atomic E-state index is 0.341. The molecule has 0 aliphatic rings. The molecule has 15 heavy (non-hydrogen) atoms. The summed E-state index contributed by atoms with van der Waals surface area (Å²) in [5, 5.41) is 0. The van der Waals surface area contributed by atoms with Gasteiger partial charge in [-0.15, -0.1) is 0 Å². The zero-order valence-electron chi connectivity index (χ0n) is 9.07. The predicted molar refractivity (Wildman–Crippen MR) is 55.5 cm³/mol. The Morgan fingerprint density at radius 1 is 1.27 bits per heavy atom. The molecule has 0 saturated heterocycles. The van der Waals surface area contributed by atoms with Crippen molar-refractivity contribution >= 4 is 5.97 Å². The van der Waals surface area contributed by atoms with Gasteiger partial charge in [0, 0.05) is 6.07 Å². The van der Waals surface area contributed by atoms with Gasteiger partial charge in [0.15, 0.2) is 0 Å². The second kappa shape index (κ2) is 5.24. The van der Waals surface area contributed by atoms with Gasteiger partial charge in [-0.2, -0.15) is 0 Å². The van der Waals surface area contributed by atoms with Crippen LogP contribution in [0.1, 0.15) is 17.3 Å². The normalized spacial score (nSPS) is 9.53. The minimum atomic E-state index is -0.392. The smallest absolute Gasteiger partial charge is 0.341 e. The highest BCUT2D eigenvalue weighted by atomic mass is 16.5. The first-order valence-corrected chi connectivity index (χ1v) is 4.62. The molecule has 0 spiro atoms. The van der Waals surface area contributed by atoms with Crippen LogP contribution in [0.4, 0.5) is 0 Å². The average molecular weight is 210 g/mol. The van der Waals surface area contributed by atoms with Crippen LogP contribution in [0.5, 0.6) is 11.5 Å². The molecule has 0 aliphatic heterocycles. The molecule has 1 rings (SSSR count). The van der Waals surface area contributed by atoms with E-state index in [1.807, 2.05) is 0 Å². The molecule has 82 valence electrons. The number of hydrogen-bond acceptors (Lipinski definition) is 4. The van der Waals surface area contributed by atoms with Gasteiger partial charge in [-0.3, -0.25) is 0 Å². The number of ether oxygens (including phenoxy) is 3. The lowest BCUT2D eigenvalue weighted by molar-refractivity contribution is 0.0522. The molecule has 0 aliphatic carbocycles. The summed E-state index contributed by atoms with van der Waals surface area (Å²) < 4.78 is 15.0. The third kappa shape index (κ3) is 2.62. The van der Waals surface area contributed by atoms with Crippen molar-refractivity contribution < 1.29 is 19.0 Å². The van der Waals surface area contributed by atoms with Crippen molar-refractivity contribution in [2.24, 2.45) is 0 Å². The number of esters is 1. The van der Waals surface area contributed by atoms with Crippen LogP contribution < -0.4 is 9.47 Å². The Kier molecular flexibility index (Phi) is 3.97. The fraction of sp³-hybridized carbons (Fsp3) is 0.364. The Balaban J connectivity index is 3.02. The Morgan fingerprint density at radius 2 is 2.00 bits per heavy atom. The molecule has 0 aromatic heterocycles. The lowest BCUT2D eigenvalue weighted by Crippen LogP contribution is -2.06. The highest BCUT2D eigenvalue weighted by Gasteiger charge is 2.13. The summed E-state index contributed by atoms with van der Waals surface area (Å²) in [6, 6.07) is 4.96. The van der Waals surface area contributed by atoms with Crippen molar-refractivity contribution in [2.45, 2.75) is 6.92 Å². The lowest BCUT2D eigenvalue weighted by atomic mass is 10.2. The topological polar surface area (TPSA) is 44.8 Å². The molecular weight excluding hydrogens is 196 g/mol. The van der Waals surface area contributed by atoms with Crippen molar-refractivity contribution in [2.75, 3.05) is 20.8 Å². The van der Waals surface area contributed by atoms with Gasteiger partial charge in [-0.25, -0.2) is 4.79 Å². The second-order valence-corrected chi connectivity index (χ2v) is 2.79. The Hall–Kier alpha value is -1.71. The summed E-state index contributed by atoms with van der Waals surface area (Å²) in [6.07, 6.45) is 0. The van der Waals surface area contributed by atoms with E-state index in [0.29, 0.717) is 23.7 Å². The van der Waals surface area contributed by atoms with Crippen LogP contribution in [0.15, 0.2) is 18.2 Å². The number of benzene rings is 1. The molecule has 0 heterocycles. The van der Waals surface area contributed by atoms with Gasteiger partial charge in [0.05, 0.1) is 20.8 Å². The molecule has 4 heteroatoms. The molecule has 0 unspecified atom stereocenters. The van der Waals surface area contributed by atoms with Crippen molar-refractivity contribution in [3.05, 3.63) is 23.8 Å². The summed E-state index contributed by atoms with van der Waals surface area (Å²) in [5.41, 5.74) is 0.403. The van der Waals surface area contributed by atoms with Crippen LogP contribution in [-0.4, -0.2) is 26.8 Å². The van der Waals surface area contributed by atoms with E-state index >= 15 is 0 Å². The maximum absolute atomic E-state index is 11.5. The first-order chi connectivity index (χ1) is 7.22. The van der Waals surface area contributed by atoms with E-state index in [4.69, 9.17) is 14.2 Å². The number of rotatable bonds is 4. The van der Waals surface area contributed by atoms with Crippen LogP contribution in [-0.2, 0) is 4.74 Å². The molecule has 0 atom stereocenters. The molecule has 0 N–H and O–H groups in total. The van der Waals surface area contributed by atoms with Crippen LogP contribution in [0.3, 0.4) is 0 Å². The number of hydrogen-bond donors (Lipinski definition) is 0. The van der Waals surface area contributed by atoms with Gasteiger partial charge in [0.2, 0.25) is 0 Å². The van der Waals surface area contributed by atoms with Crippen LogP contribution in [0.2, 0.25) is 0 Å². The largest absolute Gasteiger partial charge is 0.497 e. The van der Waals surface area contributed by atoms with Crippen molar-refractivity contribution in [3.8, 4) is 11.5 Å². The quantitative estimate of drug-likeness (QED) is 0.712. The van der Waals surface area contributed by atoms with Crippen molar-refractivity contribution in [1.82, 2.24) is 0 Å². The minimum Gasteiger partial charge on any atom is -0.497 e. The van der Waals surface area contributed by atoms with Gasteiger partial charge in [-0.1, -0.05) is 0 Å². The first-order valence-electron chi connectivity index (χ1n) is 4.62. The zero-order valence-corrected chi connectivity index (χ0v) is 9.07. The van der Waals surface area contributed by atoms with E-state index < -0.39 is 5.97 Å².